The first-order chi connectivity index (χ1) is 7.39. The molecule has 0 bridgehead atoms. The molecule has 0 aliphatic carbocycles. The van der Waals surface area contributed by atoms with Crippen LogP contribution in [-0.4, -0.2) is 22.6 Å². The lowest BCUT2D eigenvalue weighted by atomic mass is 10.2. The summed E-state index contributed by atoms with van der Waals surface area (Å²) < 4.78 is 32.9. The monoisotopic (exact) mass is 328 g/mol. The van der Waals surface area contributed by atoms with Gasteiger partial charge in [0.1, 0.15) is 0 Å². The van der Waals surface area contributed by atoms with Crippen LogP contribution in [-0.2, 0) is 14.8 Å². The highest BCUT2D eigenvalue weighted by molar-refractivity contribution is 9.10. The molecule has 16 heavy (non-hydrogen) atoms. The van der Waals surface area contributed by atoms with E-state index in [2.05, 4.69) is 15.9 Å². The van der Waals surface area contributed by atoms with Crippen LogP contribution in [0.2, 0.25) is 0 Å². The molecule has 4 nitrogen and oxygen atoms in total. The quantitative estimate of drug-likeness (QED) is 0.797. The predicted molar refractivity (Wildman–Crippen MR) is 65.7 cm³/mol. The topological polar surface area (TPSA) is 52.6 Å². The minimum absolute atomic E-state index is 0.304. The number of hydrogen-bond acceptors (Lipinski definition) is 4. The van der Waals surface area contributed by atoms with E-state index < -0.39 is 9.05 Å². The summed E-state index contributed by atoms with van der Waals surface area (Å²) in [5, 5.41) is 0. The Kier molecular flexibility index (Phi) is 4.46. The molecule has 0 aromatic heterocycles. The molecule has 0 saturated carbocycles. The van der Waals surface area contributed by atoms with Crippen LogP contribution in [0.3, 0.4) is 0 Å². The molecule has 1 aromatic rings. The Morgan fingerprint density at radius 1 is 1.25 bits per heavy atom. The molecule has 7 heteroatoms. The minimum Gasteiger partial charge on any atom is -0.492 e. The van der Waals surface area contributed by atoms with Crippen molar-refractivity contribution in [3.63, 3.8) is 0 Å². The highest BCUT2D eigenvalue weighted by Crippen LogP contribution is 2.38. The van der Waals surface area contributed by atoms with Crippen LogP contribution in [0.4, 0.5) is 0 Å². The molecular weight excluding hydrogens is 320 g/mol. The summed E-state index contributed by atoms with van der Waals surface area (Å²) >= 11 is 3.27. The molecule has 0 atom stereocenters. The zero-order chi connectivity index (χ0) is 12.3. The van der Waals surface area contributed by atoms with Crippen molar-refractivity contribution < 1.29 is 17.9 Å². The van der Waals surface area contributed by atoms with Crippen LogP contribution >= 0.6 is 26.6 Å². The Balaban J connectivity index is 3.30. The van der Waals surface area contributed by atoms with E-state index in [1.807, 2.05) is 0 Å². The third kappa shape index (κ3) is 3.26. The molecule has 0 saturated heterocycles. The van der Waals surface area contributed by atoms with Gasteiger partial charge in [0, 0.05) is 16.2 Å². The SMILES string of the molecule is COc1c(Br)ccc(CS(=O)(=O)Cl)c1OC. The van der Waals surface area contributed by atoms with Crippen molar-refractivity contribution >= 4 is 35.7 Å². The van der Waals surface area contributed by atoms with Gasteiger partial charge in [-0.25, -0.2) is 8.42 Å². The first kappa shape index (κ1) is 13.6. The van der Waals surface area contributed by atoms with Crippen LogP contribution in [0.5, 0.6) is 11.5 Å². The predicted octanol–water partition coefficient (Wildman–Crippen LogP) is 2.53. The fourth-order valence-electron chi connectivity index (χ4n) is 1.29. The van der Waals surface area contributed by atoms with Gasteiger partial charge in [-0.15, -0.1) is 0 Å². The summed E-state index contributed by atoms with van der Waals surface area (Å²) in [5.41, 5.74) is 0.456. The number of hydrogen-bond donors (Lipinski definition) is 0. The molecule has 1 rings (SSSR count). The van der Waals surface area contributed by atoms with E-state index in [9.17, 15) is 8.42 Å². The number of benzene rings is 1. The van der Waals surface area contributed by atoms with Crippen molar-refractivity contribution in [1.29, 1.82) is 0 Å². The van der Waals surface area contributed by atoms with Crippen molar-refractivity contribution in [2.75, 3.05) is 14.2 Å². The van der Waals surface area contributed by atoms with Crippen LogP contribution in [0.15, 0.2) is 16.6 Å². The largest absolute Gasteiger partial charge is 0.492 e. The van der Waals surface area contributed by atoms with Gasteiger partial charge in [0.2, 0.25) is 9.05 Å². The normalized spacial score (nSPS) is 11.2. The summed E-state index contributed by atoms with van der Waals surface area (Å²) in [5.74, 6) is 0.503. The third-order valence-electron chi connectivity index (χ3n) is 1.88. The van der Waals surface area contributed by atoms with E-state index in [1.165, 1.54) is 14.2 Å². The van der Waals surface area contributed by atoms with Gasteiger partial charge >= 0.3 is 0 Å². The number of ether oxygens (including phenoxy) is 2. The van der Waals surface area contributed by atoms with Gasteiger partial charge < -0.3 is 9.47 Å². The van der Waals surface area contributed by atoms with Crippen LogP contribution in [0.1, 0.15) is 5.56 Å². The molecule has 0 amide bonds. The van der Waals surface area contributed by atoms with E-state index in [0.29, 0.717) is 21.5 Å². The summed E-state index contributed by atoms with van der Waals surface area (Å²) in [6.45, 7) is 0. The fraction of sp³-hybridized carbons (Fsp3) is 0.333. The van der Waals surface area contributed by atoms with E-state index in [4.69, 9.17) is 20.2 Å². The molecule has 0 unspecified atom stereocenters. The third-order valence-corrected chi connectivity index (χ3v) is 3.49. The maximum Gasteiger partial charge on any atom is 0.236 e. The zero-order valence-electron chi connectivity index (χ0n) is 8.66. The smallest absolute Gasteiger partial charge is 0.236 e. The highest BCUT2D eigenvalue weighted by atomic mass is 79.9. The lowest BCUT2D eigenvalue weighted by Gasteiger charge is -2.13. The van der Waals surface area contributed by atoms with Gasteiger partial charge in [0.25, 0.3) is 0 Å². The molecule has 0 N–H and O–H groups in total. The fourth-order valence-corrected chi connectivity index (χ4v) is 2.72. The van der Waals surface area contributed by atoms with Crippen molar-refractivity contribution in [1.82, 2.24) is 0 Å². The maximum absolute atomic E-state index is 11.0. The van der Waals surface area contributed by atoms with E-state index in [0.717, 1.165) is 0 Å². The van der Waals surface area contributed by atoms with Gasteiger partial charge in [-0.1, -0.05) is 6.07 Å². The number of methoxy groups -OCH3 is 2. The van der Waals surface area contributed by atoms with E-state index in [1.54, 1.807) is 12.1 Å². The lowest BCUT2D eigenvalue weighted by Crippen LogP contribution is -2.01. The van der Waals surface area contributed by atoms with Crippen LogP contribution in [0.25, 0.3) is 0 Å². The van der Waals surface area contributed by atoms with Gasteiger partial charge in [-0.3, -0.25) is 0 Å². The van der Waals surface area contributed by atoms with E-state index in [-0.39, 0.29) is 5.75 Å². The highest BCUT2D eigenvalue weighted by Gasteiger charge is 2.17. The van der Waals surface area contributed by atoms with Crippen molar-refractivity contribution in [2.24, 2.45) is 0 Å². The lowest BCUT2D eigenvalue weighted by molar-refractivity contribution is 0.351. The Labute approximate surface area is 107 Å². The Bertz CT molecular complexity index is 487. The average molecular weight is 330 g/mol. The first-order valence-corrected chi connectivity index (χ1v) is 7.48. The zero-order valence-corrected chi connectivity index (χ0v) is 11.8. The molecule has 1 aromatic carbocycles. The molecule has 0 aliphatic rings. The second kappa shape index (κ2) is 5.25. The van der Waals surface area contributed by atoms with E-state index >= 15 is 0 Å². The molecule has 0 aliphatic heterocycles. The summed E-state index contributed by atoms with van der Waals surface area (Å²) in [7, 11) is 4.48. The Morgan fingerprint density at radius 3 is 2.25 bits per heavy atom. The Morgan fingerprint density at radius 2 is 1.81 bits per heavy atom. The molecule has 0 spiro atoms. The van der Waals surface area contributed by atoms with Crippen molar-refractivity contribution in [2.45, 2.75) is 5.75 Å². The summed E-state index contributed by atoms with van der Waals surface area (Å²) in [4.78, 5) is 0. The molecule has 0 radical (unpaired) electrons. The standard InChI is InChI=1S/C9H10BrClO4S/c1-14-8-6(5-16(11,12)13)3-4-7(10)9(8)15-2/h3-4H,5H2,1-2H3. The molecule has 0 fully saturated rings. The van der Waals surface area contributed by atoms with Crippen molar-refractivity contribution in [3.8, 4) is 11.5 Å². The van der Waals surface area contributed by atoms with Gasteiger partial charge in [-0.2, -0.15) is 0 Å². The first-order valence-electron chi connectivity index (χ1n) is 4.20. The summed E-state index contributed by atoms with van der Waals surface area (Å²) in [6.07, 6.45) is 0. The maximum atomic E-state index is 11.0. The van der Waals surface area contributed by atoms with Crippen LogP contribution in [0, 0.1) is 0 Å². The van der Waals surface area contributed by atoms with Crippen LogP contribution < -0.4 is 9.47 Å². The summed E-state index contributed by atoms with van der Waals surface area (Å²) in [6, 6.07) is 3.30. The van der Waals surface area contributed by atoms with Crippen molar-refractivity contribution in [3.05, 3.63) is 22.2 Å². The second-order valence-electron chi connectivity index (χ2n) is 2.96. The number of rotatable bonds is 4. The minimum atomic E-state index is -3.63. The second-order valence-corrected chi connectivity index (χ2v) is 6.59. The van der Waals surface area contributed by atoms with Gasteiger partial charge in [0.15, 0.2) is 11.5 Å². The molecular formula is C9H10BrClO4S. The van der Waals surface area contributed by atoms with Gasteiger partial charge in [0.05, 0.1) is 24.4 Å². The molecule has 0 heterocycles. The number of halogens is 2. The molecule has 90 valence electrons. The van der Waals surface area contributed by atoms with Gasteiger partial charge in [-0.05, 0) is 22.0 Å². The Hall–Kier alpha value is -0.460. The average Bonchev–Trinajstić information content (AvgIpc) is 2.18.